The molecular weight excluding hydrogens is 280 g/mol. The van der Waals surface area contributed by atoms with E-state index in [1.807, 2.05) is 12.1 Å². The fourth-order valence-corrected chi connectivity index (χ4v) is 3.78. The minimum atomic E-state index is 0.219. The van der Waals surface area contributed by atoms with Crippen molar-refractivity contribution in [2.75, 3.05) is 13.1 Å². The van der Waals surface area contributed by atoms with Crippen molar-refractivity contribution in [1.82, 2.24) is 4.90 Å². The molecule has 0 radical (unpaired) electrons. The quantitative estimate of drug-likeness (QED) is 0.747. The second-order valence-corrected chi connectivity index (χ2v) is 5.99. The lowest BCUT2D eigenvalue weighted by atomic mass is 10.0. The molecule has 1 unspecified atom stereocenters. The van der Waals surface area contributed by atoms with E-state index in [4.69, 9.17) is 10.2 Å². The van der Waals surface area contributed by atoms with Crippen LogP contribution in [0.2, 0.25) is 0 Å². The van der Waals surface area contributed by atoms with E-state index in [1.165, 1.54) is 15.6 Å². The zero-order valence-corrected chi connectivity index (χ0v) is 13.0. The Bertz CT molecular complexity index is 690. The average molecular weight is 300 g/mol. The molecule has 0 bridgehead atoms. The lowest BCUT2D eigenvalue weighted by Gasteiger charge is -2.29. The molecule has 21 heavy (non-hydrogen) atoms. The standard InChI is InChI=1S/C17H20N2OS/c1-2-19(11-13-6-5-9-20-13)16(10-18)15-12-21-17-8-4-3-7-14(15)17/h3-9,12,16H,2,10-11,18H2,1H3. The Morgan fingerprint density at radius 1 is 1.24 bits per heavy atom. The fourth-order valence-electron chi connectivity index (χ4n) is 2.77. The summed E-state index contributed by atoms with van der Waals surface area (Å²) in [7, 11) is 0. The number of nitrogens with two attached hydrogens (primary N) is 1. The van der Waals surface area contributed by atoms with Crippen molar-refractivity contribution in [3.05, 3.63) is 59.4 Å². The molecule has 2 aromatic heterocycles. The van der Waals surface area contributed by atoms with Crippen LogP contribution in [0.4, 0.5) is 0 Å². The van der Waals surface area contributed by atoms with Gasteiger partial charge in [-0.3, -0.25) is 4.90 Å². The van der Waals surface area contributed by atoms with Crippen molar-refractivity contribution in [1.29, 1.82) is 0 Å². The molecular formula is C17H20N2OS. The van der Waals surface area contributed by atoms with Crippen molar-refractivity contribution in [3.63, 3.8) is 0 Å². The fraction of sp³-hybridized carbons (Fsp3) is 0.294. The predicted octanol–water partition coefficient (Wildman–Crippen LogP) is 4.02. The Kier molecular flexibility index (Phi) is 4.39. The van der Waals surface area contributed by atoms with Gasteiger partial charge in [0, 0.05) is 17.3 Å². The molecule has 0 saturated heterocycles. The zero-order valence-electron chi connectivity index (χ0n) is 12.2. The van der Waals surface area contributed by atoms with Crippen molar-refractivity contribution in [2.24, 2.45) is 5.73 Å². The number of thiophene rings is 1. The van der Waals surface area contributed by atoms with Gasteiger partial charge in [0.2, 0.25) is 0 Å². The molecule has 0 aliphatic rings. The van der Waals surface area contributed by atoms with Crippen LogP contribution in [0, 0.1) is 0 Å². The van der Waals surface area contributed by atoms with E-state index in [9.17, 15) is 0 Å². The highest BCUT2D eigenvalue weighted by atomic mass is 32.1. The molecule has 0 fully saturated rings. The average Bonchev–Trinajstić information content (AvgIpc) is 3.17. The van der Waals surface area contributed by atoms with Gasteiger partial charge in [-0.15, -0.1) is 11.3 Å². The van der Waals surface area contributed by atoms with E-state index in [-0.39, 0.29) is 6.04 Å². The van der Waals surface area contributed by atoms with Gasteiger partial charge < -0.3 is 10.2 Å². The number of rotatable bonds is 6. The van der Waals surface area contributed by atoms with Gasteiger partial charge in [-0.2, -0.15) is 0 Å². The number of likely N-dealkylation sites (N-methyl/N-ethyl adjacent to an activating group) is 1. The number of benzene rings is 1. The van der Waals surface area contributed by atoms with Gasteiger partial charge in [-0.25, -0.2) is 0 Å². The maximum absolute atomic E-state index is 6.09. The van der Waals surface area contributed by atoms with Crippen LogP contribution in [-0.4, -0.2) is 18.0 Å². The highest BCUT2D eigenvalue weighted by Crippen LogP contribution is 2.33. The molecule has 2 heterocycles. The van der Waals surface area contributed by atoms with Crippen molar-refractivity contribution < 1.29 is 4.42 Å². The summed E-state index contributed by atoms with van der Waals surface area (Å²) in [5.74, 6) is 0.981. The lowest BCUT2D eigenvalue weighted by Crippen LogP contribution is -2.33. The van der Waals surface area contributed by atoms with Crippen LogP contribution in [0.25, 0.3) is 10.1 Å². The van der Waals surface area contributed by atoms with Crippen LogP contribution >= 0.6 is 11.3 Å². The number of furan rings is 1. The summed E-state index contributed by atoms with van der Waals surface area (Å²) >= 11 is 1.79. The Labute approximate surface area is 129 Å². The van der Waals surface area contributed by atoms with E-state index in [0.717, 1.165) is 18.8 Å². The summed E-state index contributed by atoms with van der Waals surface area (Å²) < 4.78 is 6.80. The maximum Gasteiger partial charge on any atom is 0.117 e. The number of fused-ring (bicyclic) bond motifs is 1. The third-order valence-corrected chi connectivity index (χ3v) is 4.86. The van der Waals surface area contributed by atoms with Gasteiger partial charge in [0.25, 0.3) is 0 Å². The van der Waals surface area contributed by atoms with Gasteiger partial charge in [0.05, 0.1) is 12.8 Å². The van der Waals surface area contributed by atoms with Crippen LogP contribution in [-0.2, 0) is 6.54 Å². The molecule has 4 heteroatoms. The molecule has 0 aliphatic carbocycles. The van der Waals surface area contributed by atoms with E-state index < -0.39 is 0 Å². The van der Waals surface area contributed by atoms with E-state index in [0.29, 0.717) is 6.54 Å². The molecule has 3 rings (SSSR count). The first-order valence-electron chi connectivity index (χ1n) is 7.26. The lowest BCUT2D eigenvalue weighted by molar-refractivity contribution is 0.189. The monoisotopic (exact) mass is 300 g/mol. The van der Waals surface area contributed by atoms with Gasteiger partial charge in [-0.1, -0.05) is 25.1 Å². The molecule has 1 atom stereocenters. The Balaban J connectivity index is 1.92. The highest BCUT2D eigenvalue weighted by molar-refractivity contribution is 7.17. The summed E-state index contributed by atoms with van der Waals surface area (Å²) in [5.41, 5.74) is 7.42. The molecule has 2 N–H and O–H groups in total. The molecule has 0 amide bonds. The second-order valence-electron chi connectivity index (χ2n) is 5.08. The zero-order chi connectivity index (χ0) is 14.7. The molecule has 0 aliphatic heterocycles. The summed E-state index contributed by atoms with van der Waals surface area (Å²) in [6, 6.07) is 12.7. The first-order chi connectivity index (χ1) is 10.3. The third-order valence-electron chi connectivity index (χ3n) is 3.88. The second kappa shape index (κ2) is 6.43. The smallest absolute Gasteiger partial charge is 0.117 e. The molecule has 0 saturated carbocycles. The largest absolute Gasteiger partial charge is 0.468 e. The Morgan fingerprint density at radius 2 is 2.10 bits per heavy atom. The van der Waals surface area contributed by atoms with E-state index in [1.54, 1.807) is 17.6 Å². The molecule has 0 spiro atoms. The van der Waals surface area contributed by atoms with Crippen LogP contribution in [0.3, 0.4) is 0 Å². The summed E-state index contributed by atoms with van der Waals surface area (Å²) in [6.07, 6.45) is 1.72. The van der Waals surface area contributed by atoms with E-state index in [2.05, 4.69) is 41.5 Å². The van der Waals surface area contributed by atoms with Crippen molar-refractivity contribution >= 4 is 21.4 Å². The summed E-state index contributed by atoms with van der Waals surface area (Å²) in [5, 5.41) is 3.56. The maximum atomic E-state index is 6.09. The predicted molar refractivity (Wildman–Crippen MR) is 88.4 cm³/mol. The van der Waals surface area contributed by atoms with Crippen LogP contribution < -0.4 is 5.73 Å². The van der Waals surface area contributed by atoms with E-state index >= 15 is 0 Å². The molecule has 110 valence electrons. The third kappa shape index (κ3) is 2.88. The molecule has 3 nitrogen and oxygen atoms in total. The Morgan fingerprint density at radius 3 is 2.81 bits per heavy atom. The van der Waals surface area contributed by atoms with Gasteiger partial charge in [0.1, 0.15) is 5.76 Å². The topological polar surface area (TPSA) is 42.4 Å². The highest BCUT2D eigenvalue weighted by Gasteiger charge is 2.21. The van der Waals surface area contributed by atoms with Crippen LogP contribution in [0.15, 0.2) is 52.5 Å². The van der Waals surface area contributed by atoms with Gasteiger partial charge in [-0.05, 0) is 41.1 Å². The normalized spacial score (nSPS) is 13.1. The number of nitrogens with zero attached hydrogens (tertiary/aromatic N) is 1. The first-order valence-corrected chi connectivity index (χ1v) is 8.14. The van der Waals surface area contributed by atoms with Crippen molar-refractivity contribution in [2.45, 2.75) is 19.5 Å². The molecule has 1 aromatic carbocycles. The van der Waals surface area contributed by atoms with Crippen LogP contribution in [0.5, 0.6) is 0 Å². The Hall–Kier alpha value is -1.62. The van der Waals surface area contributed by atoms with Gasteiger partial charge >= 0.3 is 0 Å². The first kappa shape index (κ1) is 14.3. The van der Waals surface area contributed by atoms with Crippen LogP contribution in [0.1, 0.15) is 24.3 Å². The summed E-state index contributed by atoms with van der Waals surface area (Å²) in [6.45, 7) is 4.50. The van der Waals surface area contributed by atoms with Gasteiger partial charge in [0.15, 0.2) is 0 Å². The SMILES string of the molecule is CCN(Cc1ccco1)C(CN)c1csc2ccccc12. The minimum absolute atomic E-state index is 0.219. The number of hydrogen-bond donors (Lipinski definition) is 1. The number of hydrogen-bond acceptors (Lipinski definition) is 4. The minimum Gasteiger partial charge on any atom is -0.468 e. The summed E-state index contributed by atoms with van der Waals surface area (Å²) in [4.78, 5) is 2.37. The molecule has 3 aromatic rings. The van der Waals surface area contributed by atoms with Crippen molar-refractivity contribution in [3.8, 4) is 0 Å².